The van der Waals surface area contributed by atoms with E-state index in [0.717, 1.165) is 11.8 Å². The van der Waals surface area contributed by atoms with E-state index in [1.807, 2.05) is 0 Å². The van der Waals surface area contributed by atoms with Gasteiger partial charge in [-0.2, -0.15) is 0 Å². The second kappa shape index (κ2) is 7.41. The van der Waals surface area contributed by atoms with E-state index in [-0.39, 0.29) is 0 Å². The van der Waals surface area contributed by atoms with E-state index < -0.39 is 0 Å². The van der Waals surface area contributed by atoms with E-state index in [1.54, 1.807) is 0 Å². The summed E-state index contributed by atoms with van der Waals surface area (Å²) in [7, 11) is 0. The van der Waals surface area contributed by atoms with Gasteiger partial charge in [-0.3, -0.25) is 0 Å². The Morgan fingerprint density at radius 1 is 1.06 bits per heavy atom. The maximum absolute atomic E-state index is 2.37. The minimum atomic E-state index is 0.992. The summed E-state index contributed by atoms with van der Waals surface area (Å²) in [5.41, 5.74) is 1.33. The highest BCUT2D eigenvalue weighted by Gasteiger charge is 2.34. The zero-order chi connectivity index (χ0) is 12.6. The molecule has 0 spiro atoms. The predicted molar refractivity (Wildman–Crippen MR) is 80.4 cm³/mol. The van der Waals surface area contributed by atoms with E-state index in [2.05, 4.69) is 49.4 Å². The van der Waals surface area contributed by atoms with Gasteiger partial charge < -0.3 is 0 Å². The number of hydrogen-bond acceptors (Lipinski definition) is 0. The average molecular weight is 242 g/mol. The largest absolute Gasteiger partial charge is 0.0837 e. The molecule has 0 nitrogen and oxygen atoms in total. The Labute approximate surface area is 112 Å². The lowest BCUT2D eigenvalue weighted by molar-refractivity contribution is 0.568. The zero-order valence-corrected chi connectivity index (χ0v) is 11.6. The summed E-state index contributed by atoms with van der Waals surface area (Å²) in [6.07, 6.45) is 14.6. The van der Waals surface area contributed by atoms with Gasteiger partial charge in [0.1, 0.15) is 0 Å². The molecule has 1 fully saturated rings. The lowest BCUT2D eigenvalue weighted by Gasteiger charge is -1.98. The molecule has 1 aromatic carbocycles. The van der Waals surface area contributed by atoms with Crippen molar-refractivity contribution < 1.29 is 0 Å². The quantitative estimate of drug-likeness (QED) is 0.513. The lowest BCUT2D eigenvalue weighted by Crippen LogP contribution is -1.83. The maximum Gasteiger partial charge on any atom is -0.0260 e. The Balaban J connectivity index is 1.58. The van der Waals surface area contributed by atoms with Gasteiger partial charge in [-0.05, 0) is 30.2 Å². The van der Waals surface area contributed by atoms with Crippen LogP contribution in [-0.4, -0.2) is 0 Å². The van der Waals surface area contributed by atoms with Crippen molar-refractivity contribution in [2.24, 2.45) is 11.8 Å². The second-order valence-electron chi connectivity index (χ2n) is 5.65. The summed E-state index contributed by atoms with van der Waals surface area (Å²) in [4.78, 5) is 0. The minimum absolute atomic E-state index is 0.992. The van der Waals surface area contributed by atoms with Crippen LogP contribution in [0.15, 0.2) is 36.4 Å². The van der Waals surface area contributed by atoms with Crippen molar-refractivity contribution in [3.05, 3.63) is 42.0 Å². The molecule has 0 saturated heterocycles. The molecular weight excluding hydrogens is 216 g/mol. The molecule has 0 aliphatic heterocycles. The third kappa shape index (κ3) is 4.68. The fraction of sp³-hybridized carbons (Fsp3) is 0.556. The molecule has 0 N–H and O–H groups in total. The fourth-order valence-electron chi connectivity index (χ4n) is 2.73. The number of rotatable bonds is 8. The Kier molecular flexibility index (Phi) is 5.51. The van der Waals surface area contributed by atoms with Crippen molar-refractivity contribution >= 4 is 6.08 Å². The van der Waals surface area contributed by atoms with Gasteiger partial charge in [0.25, 0.3) is 0 Å². The van der Waals surface area contributed by atoms with Crippen LogP contribution in [0.2, 0.25) is 0 Å². The summed E-state index contributed by atoms with van der Waals surface area (Å²) in [6.45, 7) is 2.29. The first-order valence-electron chi connectivity index (χ1n) is 7.61. The van der Waals surface area contributed by atoms with Crippen molar-refractivity contribution in [3.8, 4) is 0 Å². The molecule has 2 rings (SSSR count). The molecule has 1 saturated carbocycles. The van der Waals surface area contributed by atoms with Gasteiger partial charge in [0.05, 0.1) is 0 Å². The number of unbranched alkanes of at least 4 members (excludes halogenated alkanes) is 3. The van der Waals surface area contributed by atoms with E-state index >= 15 is 0 Å². The van der Waals surface area contributed by atoms with Crippen molar-refractivity contribution in [1.82, 2.24) is 0 Å². The number of allylic oxidation sites excluding steroid dienone is 1. The van der Waals surface area contributed by atoms with Crippen LogP contribution in [-0.2, 0) is 0 Å². The third-order valence-electron chi connectivity index (χ3n) is 4.05. The smallest absolute Gasteiger partial charge is 0.0260 e. The highest BCUT2D eigenvalue weighted by molar-refractivity contribution is 5.48. The molecule has 0 heteroatoms. The summed E-state index contributed by atoms with van der Waals surface area (Å²) in [5, 5.41) is 0. The van der Waals surface area contributed by atoms with E-state index in [4.69, 9.17) is 0 Å². The Morgan fingerprint density at radius 3 is 2.67 bits per heavy atom. The highest BCUT2D eigenvalue weighted by Crippen LogP contribution is 2.45. The molecule has 0 aromatic heterocycles. The molecular formula is C18H26. The van der Waals surface area contributed by atoms with Gasteiger partial charge in [-0.25, -0.2) is 0 Å². The third-order valence-corrected chi connectivity index (χ3v) is 4.05. The van der Waals surface area contributed by atoms with Gasteiger partial charge >= 0.3 is 0 Å². The number of hydrogen-bond donors (Lipinski definition) is 0. The molecule has 0 amide bonds. The average Bonchev–Trinajstić information content (AvgIpc) is 3.15. The SMILES string of the molecule is CCCCCC[C@@H]1C[C@@H]1C/C=C/c1ccccc1. The molecule has 0 unspecified atom stereocenters. The van der Waals surface area contributed by atoms with Gasteiger partial charge in [-0.15, -0.1) is 0 Å². The van der Waals surface area contributed by atoms with Crippen LogP contribution in [0.4, 0.5) is 0 Å². The van der Waals surface area contributed by atoms with Crippen molar-refractivity contribution in [1.29, 1.82) is 0 Å². The van der Waals surface area contributed by atoms with Crippen LogP contribution in [0.5, 0.6) is 0 Å². The van der Waals surface area contributed by atoms with Crippen molar-refractivity contribution in [3.63, 3.8) is 0 Å². The predicted octanol–water partition coefficient (Wildman–Crippen LogP) is 5.70. The minimum Gasteiger partial charge on any atom is -0.0837 e. The van der Waals surface area contributed by atoms with Gasteiger partial charge in [0.2, 0.25) is 0 Å². The standard InChI is InChI=1S/C18H26/c1-2-3-4-8-13-17-15-18(17)14-9-12-16-10-6-5-7-11-16/h5-7,9-12,17-18H,2-4,8,13-15H2,1H3/b12-9+/t17-,18+/m1/s1. The van der Waals surface area contributed by atoms with Crippen LogP contribution in [0.25, 0.3) is 6.08 Å². The summed E-state index contributed by atoms with van der Waals surface area (Å²) >= 11 is 0. The monoisotopic (exact) mass is 242 g/mol. The maximum atomic E-state index is 2.37. The van der Waals surface area contributed by atoms with E-state index in [0.29, 0.717) is 0 Å². The summed E-state index contributed by atoms with van der Waals surface area (Å²) in [5.74, 6) is 2.04. The number of benzene rings is 1. The van der Waals surface area contributed by atoms with Gasteiger partial charge in [0, 0.05) is 0 Å². The first-order chi connectivity index (χ1) is 8.90. The highest BCUT2D eigenvalue weighted by atomic mass is 14.4. The molecule has 1 aromatic rings. The molecule has 1 aliphatic carbocycles. The second-order valence-corrected chi connectivity index (χ2v) is 5.65. The normalized spacial score (nSPS) is 22.5. The van der Waals surface area contributed by atoms with Gasteiger partial charge in [0.15, 0.2) is 0 Å². The lowest BCUT2D eigenvalue weighted by atomic mass is 10.1. The Bertz CT molecular complexity index is 350. The van der Waals surface area contributed by atoms with Crippen LogP contribution in [0.1, 0.15) is 57.4 Å². The fourth-order valence-corrected chi connectivity index (χ4v) is 2.73. The molecule has 0 radical (unpaired) electrons. The Morgan fingerprint density at radius 2 is 1.89 bits per heavy atom. The van der Waals surface area contributed by atoms with Crippen LogP contribution < -0.4 is 0 Å². The van der Waals surface area contributed by atoms with Gasteiger partial charge in [-0.1, -0.05) is 81.5 Å². The summed E-state index contributed by atoms with van der Waals surface area (Å²) in [6, 6.07) is 10.6. The van der Waals surface area contributed by atoms with E-state index in [1.165, 1.54) is 50.5 Å². The topological polar surface area (TPSA) is 0 Å². The molecule has 1 aliphatic rings. The molecule has 98 valence electrons. The first kappa shape index (κ1) is 13.4. The van der Waals surface area contributed by atoms with Crippen molar-refractivity contribution in [2.45, 2.75) is 51.9 Å². The molecule has 18 heavy (non-hydrogen) atoms. The molecule has 0 heterocycles. The first-order valence-corrected chi connectivity index (χ1v) is 7.61. The zero-order valence-electron chi connectivity index (χ0n) is 11.6. The van der Waals surface area contributed by atoms with Crippen LogP contribution >= 0.6 is 0 Å². The molecule has 0 bridgehead atoms. The summed E-state index contributed by atoms with van der Waals surface area (Å²) < 4.78 is 0. The molecule has 2 atom stereocenters. The Hall–Kier alpha value is -1.04. The van der Waals surface area contributed by atoms with Crippen LogP contribution in [0.3, 0.4) is 0 Å². The van der Waals surface area contributed by atoms with Crippen molar-refractivity contribution in [2.75, 3.05) is 0 Å². The van der Waals surface area contributed by atoms with E-state index in [9.17, 15) is 0 Å². The van der Waals surface area contributed by atoms with Crippen LogP contribution in [0, 0.1) is 11.8 Å².